The van der Waals surface area contributed by atoms with E-state index in [2.05, 4.69) is 5.32 Å². The van der Waals surface area contributed by atoms with E-state index in [9.17, 15) is 9.59 Å². The van der Waals surface area contributed by atoms with Gasteiger partial charge in [-0.25, -0.2) is 0 Å². The minimum Gasteiger partial charge on any atom is -0.493 e. The normalized spacial score (nSPS) is 10.4. The monoisotopic (exact) mass is 379 g/mol. The summed E-state index contributed by atoms with van der Waals surface area (Å²) in [6.07, 6.45) is 1.28. The van der Waals surface area contributed by atoms with E-state index in [1.165, 1.54) is 0 Å². The van der Waals surface area contributed by atoms with Crippen molar-refractivity contribution in [3.8, 4) is 22.8 Å². The van der Waals surface area contributed by atoms with Crippen molar-refractivity contribution in [1.82, 2.24) is 5.32 Å². The Labute approximate surface area is 163 Å². The largest absolute Gasteiger partial charge is 0.493 e. The SMILES string of the molecule is COc1ccc(CCNC(=O)c2ccccc2-c2ccc(C=O)o2)cc1OC. The van der Waals surface area contributed by atoms with E-state index in [0.717, 1.165) is 5.56 Å². The average molecular weight is 379 g/mol. The first-order valence-corrected chi connectivity index (χ1v) is 8.79. The number of carbonyl (C=O) groups is 2. The summed E-state index contributed by atoms with van der Waals surface area (Å²) >= 11 is 0. The molecule has 1 aromatic heterocycles. The molecule has 0 spiro atoms. The van der Waals surface area contributed by atoms with Gasteiger partial charge in [0.15, 0.2) is 23.5 Å². The molecule has 0 radical (unpaired) electrons. The first-order valence-electron chi connectivity index (χ1n) is 8.79. The van der Waals surface area contributed by atoms with Crippen molar-refractivity contribution in [2.75, 3.05) is 20.8 Å². The molecule has 0 atom stereocenters. The fourth-order valence-corrected chi connectivity index (χ4v) is 2.91. The fraction of sp³-hybridized carbons (Fsp3) is 0.182. The van der Waals surface area contributed by atoms with Gasteiger partial charge >= 0.3 is 0 Å². The van der Waals surface area contributed by atoms with Gasteiger partial charge in [-0.1, -0.05) is 24.3 Å². The van der Waals surface area contributed by atoms with Crippen molar-refractivity contribution < 1.29 is 23.5 Å². The molecule has 2 aromatic carbocycles. The number of rotatable bonds is 8. The fourth-order valence-electron chi connectivity index (χ4n) is 2.91. The van der Waals surface area contributed by atoms with Gasteiger partial charge in [0.25, 0.3) is 5.91 Å². The van der Waals surface area contributed by atoms with Crippen LogP contribution in [0.25, 0.3) is 11.3 Å². The smallest absolute Gasteiger partial charge is 0.252 e. The summed E-state index contributed by atoms with van der Waals surface area (Å²) in [7, 11) is 3.18. The zero-order valence-electron chi connectivity index (χ0n) is 15.7. The van der Waals surface area contributed by atoms with Crippen LogP contribution in [0.1, 0.15) is 26.5 Å². The Morgan fingerprint density at radius 2 is 1.82 bits per heavy atom. The number of aldehydes is 1. The number of hydrogen-bond donors (Lipinski definition) is 1. The van der Waals surface area contributed by atoms with E-state index >= 15 is 0 Å². The lowest BCUT2D eigenvalue weighted by atomic mass is 10.0. The van der Waals surface area contributed by atoms with Crippen molar-refractivity contribution in [1.29, 1.82) is 0 Å². The van der Waals surface area contributed by atoms with Gasteiger partial charge in [0.05, 0.1) is 19.8 Å². The van der Waals surface area contributed by atoms with Crippen molar-refractivity contribution in [2.24, 2.45) is 0 Å². The molecule has 1 heterocycles. The summed E-state index contributed by atoms with van der Waals surface area (Å²) < 4.78 is 16.0. The summed E-state index contributed by atoms with van der Waals surface area (Å²) in [6, 6.07) is 16.0. The van der Waals surface area contributed by atoms with Crippen LogP contribution in [0.15, 0.2) is 59.0 Å². The molecule has 0 bridgehead atoms. The molecule has 0 unspecified atom stereocenters. The van der Waals surface area contributed by atoms with Gasteiger partial charge in [0.2, 0.25) is 0 Å². The summed E-state index contributed by atoms with van der Waals surface area (Å²) in [4.78, 5) is 23.5. The number of methoxy groups -OCH3 is 2. The molecule has 144 valence electrons. The number of benzene rings is 2. The Morgan fingerprint density at radius 3 is 2.54 bits per heavy atom. The Bertz CT molecular complexity index is 977. The van der Waals surface area contributed by atoms with Crippen molar-refractivity contribution >= 4 is 12.2 Å². The minimum atomic E-state index is -0.208. The highest BCUT2D eigenvalue weighted by Gasteiger charge is 2.15. The van der Waals surface area contributed by atoms with Crippen LogP contribution in [-0.4, -0.2) is 33.0 Å². The Morgan fingerprint density at radius 1 is 1.04 bits per heavy atom. The van der Waals surface area contributed by atoms with E-state index < -0.39 is 0 Å². The highest BCUT2D eigenvalue weighted by Crippen LogP contribution is 2.28. The van der Waals surface area contributed by atoms with E-state index in [1.807, 2.05) is 24.3 Å². The van der Waals surface area contributed by atoms with Crippen LogP contribution in [0.4, 0.5) is 0 Å². The molecule has 6 heteroatoms. The average Bonchev–Trinajstić information content (AvgIpc) is 3.22. The van der Waals surface area contributed by atoms with Gasteiger partial charge in [0, 0.05) is 12.1 Å². The van der Waals surface area contributed by atoms with Gasteiger partial charge in [-0.05, 0) is 42.3 Å². The molecule has 1 N–H and O–H groups in total. The third-order valence-corrected chi connectivity index (χ3v) is 4.33. The number of amides is 1. The minimum absolute atomic E-state index is 0.208. The van der Waals surface area contributed by atoms with E-state index in [0.29, 0.717) is 47.6 Å². The lowest BCUT2D eigenvalue weighted by Gasteiger charge is -2.11. The topological polar surface area (TPSA) is 77.8 Å². The molecular formula is C22H21NO5. The number of carbonyl (C=O) groups excluding carboxylic acids is 2. The first kappa shape index (κ1) is 19.2. The van der Waals surface area contributed by atoms with Crippen LogP contribution in [0.5, 0.6) is 11.5 Å². The number of furan rings is 1. The number of ether oxygens (including phenoxy) is 2. The summed E-state index contributed by atoms with van der Waals surface area (Å²) in [6.45, 7) is 0.459. The molecule has 0 aliphatic heterocycles. The third kappa shape index (κ3) is 4.23. The molecule has 0 saturated heterocycles. The maximum Gasteiger partial charge on any atom is 0.252 e. The number of nitrogens with one attached hydrogen (secondary N) is 1. The quantitative estimate of drug-likeness (QED) is 0.603. The van der Waals surface area contributed by atoms with Gasteiger partial charge in [-0.3, -0.25) is 9.59 Å². The molecule has 6 nitrogen and oxygen atoms in total. The van der Waals surface area contributed by atoms with E-state index in [-0.39, 0.29) is 11.7 Å². The number of hydrogen-bond acceptors (Lipinski definition) is 5. The predicted octanol–water partition coefficient (Wildman–Crippen LogP) is 3.75. The molecular weight excluding hydrogens is 358 g/mol. The van der Waals surface area contributed by atoms with E-state index in [1.54, 1.807) is 44.6 Å². The van der Waals surface area contributed by atoms with Gasteiger partial charge in [0.1, 0.15) is 5.76 Å². The van der Waals surface area contributed by atoms with Crippen molar-refractivity contribution in [3.05, 3.63) is 71.5 Å². The molecule has 0 saturated carbocycles. The lowest BCUT2D eigenvalue weighted by Crippen LogP contribution is -2.26. The predicted molar refractivity (Wildman–Crippen MR) is 105 cm³/mol. The zero-order valence-corrected chi connectivity index (χ0v) is 15.7. The second-order valence-electron chi connectivity index (χ2n) is 6.06. The van der Waals surface area contributed by atoms with Gasteiger partial charge < -0.3 is 19.2 Å². The zero-order chi connectivity index (χ0) is 19.9. The van der Waals surface area contributed by atoms with Crippen molar-refractivity contribution in [3.63, 3.8) is 0 Å². The lowest BCUT2D eigenvalue weighted by molar-refractivity contribution is 0.0954. The third-order valence-electron chi connectivity index (χ3n) is 4.33. The Kier molecular flexibility index (Phi) is 6.11. The maximum atomic E-state index is 12.7. The standard InChI is InChI=1S/C22H21NO5/c1-26-20-9-7-15(13-21(20)27-2)11-12-23-22(25)18-6-4-3-5-17(18)19-10-8-16(14-24)28-19/h3-10,13-14H,11-12H2,1-2H3,(H,23,25). The second-order valence-corrected chi connectivity index (χ2v) is 6.06. The molecule has 1 amide bonds. The van der Waals surface area contributed by atoms with Gasteiger partial charge in [-0.2, -0.15) is 0 Å². The molecule has 3 rings (SSSR count). The van der Waals surface area contributed by atoms with Crippen LogP contribution in [0.2, 0.25) is 0 Å². The van der Waals surface area contributed by atoms with Crippen LogP contribution in [-0.2, 0) is 6.42 Å². The van der Waals surface area contributed by atoms with E-state index in [4.69, 9.17) is 13.9 Å². The van der Waals surface area contributed by atoms with Crippen molar-refractivity contribution in [2.45, 2.75) is 6.42 Å². The Hall–Kier alpha value is -3.54. The van der Waals surface area contributed by atoms with Crippen LogP contribution < -0.4 is 14.8 Å². The highest BCUT2D eigenvalue weighted by atomic mass is 16.5. The summed E-state index contributed by atoms with van der Waals surface area (Å²) in [5.41, 5.74) is 2.15. The highest BCUT2D eigenvalue weighted by molar-refractivity contribution is 6.00. The first-order chi connectivity index (χ1) is 13.7. The second kappa shape index (κ2) is 8.90. The molecule has 0 aliphatic rings. The van der Waals surface area contributed by atoms with Crippen LogP contribution in [0.3, 0.4) is 0 Å². The molecule has 0 fully saturated rings. The Balaban J connectivity index is 1.68. The molecule has 3 aromatic rings. The van der Waals surface area contributed by atoms with Crippen LogP contribution in [0, 0.1) is 0 Å². The van der Waals surface area contributed by atoms with Crippen LogP contribution >= 0.6 is 0 Å². The molecule has 0 aliphatic carbocycles. The maximum absolute atomic E-state index is 12.7. The van der Waals surface area contributed by atoms with Gasteiger partial charge in [-0.15, -0.1) is 0 Å². The summed E-state index contributed by atoms with van der Waals surface area (Å²) in [5, 5.41) is 2.92. The molecule has 28 heavy (non-hydrogen) atoms. The summed E-state index contributed by atoms with van der Waals surface area (Å²) in [5.74, 6) is 1.81.